The number of carbonyl (C=O) groups is 1. The van der Waals surface area contributed by atoms with Crippen LogP contribution in [0.5, 0.6) is 5.75 Å². The minimum Gasteiger partial charge on any atom is -0.484 e. The number of hydrogen-bond donors (Lipinski definition) is 0. The van der Waals surface area contributed by atoms with Gasteiger partial charge in [0.15, 0.2) is 6.61 Å². The zero-order chi connectivity index (χ0) is 14.7. The molecule has 0 atom stereocenters. The van der Waals surface area contributed by atoms with Crippen LogP contribution < -0.4 is 4.74 Å². The van der Waals surface area contributed by atoms with E-state index in [2.05, 4.69) is 32.4 Å². The minimum atomic E-state index is -0.0159. The Hall–Kier alpha value is -1.62. The van der Waals surface area contributed by atoms with Gasteiger partial charge in [0.1, 0.15) is 5.75 Å². The van der Waals surface area contributed by atoms with E-state index in [-0.39, 0.29) is 12.4 Å². The van der Waals surface area contributed by atoms with Crippen molar-refractivity contribution in [1.82, 2.24) is 9.55 Å². The van der Waals surface area contributed by atoms with Gasteiger partial charge in [-0.1, -0.05) is 0 Å². The number of carbonyl (C=O) groups excluding carboxylic acids is 1. The van der Waals surface area contributed by atoms with Crippen LogP contribution in [-0.4, -0.2) is 21.9 Å². The number of aryl methyl sites for hydroxylation is 1. The molecular weight excluding hydrogens is 320 g/mol. The van der Waals surface area contributed by atoms with Crippen LogP contribution in [-0.2, 0) is 6.54 Å². The highest BCUT2D eigenvalue weighted by molar-refractivity contribution is 9.10. The molecule has 2 heterocycles. The third-order valence-electron chi connectivity index (χ3n) is 3.24. The number of ketones is 1. The quantitative estimate of drug-likeness (QED) is 0.784. The summed E-state index contributed by atoms with van der Waals surface area (Å²) in [7, 11) is 0. The number of Topliss-reactive ketones (excluding diaryl/α,β-unsaturated/α-hetero) is 1. The van der Waals surface area contributed by atoms with Crippen molar-refractivity contribution in [3.05, 3.63) is 46.0 Å². The van der Waals surface area contributed by atoms with Gasteiger partial charge in [0.05, 0.1) is 6.20 Å². The predicted molar refractivity (Wildman–Crippen MR) is 81.3 cm³/mol. The van der Waals surface area contributed by atoms with Crippen LogP contribution in [0, 0.1) is 13.8 Å². The summed E-state index contributed by atoms with van der Waals surface area (Å²) < 4.78 is 8.43. The van der Waals surface area contributed by atoms with E-state index in [1.807, 2.05) is 19.9 Å². The van der Waals surface area contributed by atoms with E-state index in [1.54, 1.807) is 18.5 Å². The van der Waals surface area contributed by atoms with Gasteiger partial charge in [-0.2, -0.15) is 0 Å². The van der Waals surface area contributed by atoms with Crippen molar-refractivity contribution in [2.45, 2.75) is 27.3 Å². The van der Waals surface area contributed by atoms with Gasteiger partial charge >= 0.3 is 0 Å². The Labute approximate surface area is 126 Å². The third-order valence-corrected chi connectivity index (χ3v) is 3.67. The second-order valence-corrected chi connectivity index (χ2v) is 5.50. The van der Waals surface area contributed by atoms with Crippen molar-refractivity contribution in [3.8, 4) is 5.75 Å². The molecule has 0 radical (unpaired) electrons. The zero-order valence-electron chi connectivity index (χ0n) is 11.8. The lowest BCUT2D eigenvalue weighted by molar-refractivity contribution is 0.0920. The first-order valence-electron chi connectivity index (χ1n) is 6.46. The summed E-state index contributed by atoms with van der Waals surface area (Å²) in [6, 6.07) is 3.71. The van der Waals surface area contributed by atoms with Gasteiger partial charge in [0.25, 0.3) is 0 Å². The second-order valence-electron chi connectivity index (χ2n) is 4.58. The monoisotopic (exact) mass is 336 g/mol. The maximum Gasteiger partial charge on any atom is 0.202 e. The second kappa shape index (κ2) is 6.22. The van der Waals surface area contributed by atoms with Crippen molar-refractivity contribution >= 4 is 21.7 Å². The highest BCUT2D eigenvalue weighted by Crippen LogP contribution is 2.18. The van der Waals surface area contributed by atoms with Gasteiger partial charge in [0.2, 0.25) is 5.78 Å². The zero-order valence-corrected chi connectivity index (χ0v) is 13.4. The summed E-state index contributed by atoms with van der Waals surface area (Å²) in [5.41, 5.74) is 2.82. The lowest BCUT2D eigenvalue weighted by Crippen LogP contribution is -2.13. The van der Waals surface area contributed by atoms with Crippen molar-refractivity contribution < 1.29 is 9.53 Å². The highest BCUT2D eigenvalue weighted by atomic mass is 79.9. The summed E-state index contributed by atoms with van der Waals surface area (Å²) in [4.78, 5) is 16.2. The molecule has 0 spiro atoms. The average molecular weight is 337 g/mol. The minimum absolute atomic E-state index is 0.0159. The number of halogens is 1. The number of aromatic nitrogens is 2. The molecule has 0 saturated carbocycles. The van der Waals surface area contributed by atoms with Gasteiger partial charge < -0.3 is 9.30 Å². The first-order valence-corrected chi connectivity index (χ1v) is 7.25. The van der Waals surface area contributed by atoms with E-state index in [9.17, 15) is 4.79 Å². The number of hydrogen-bond acceptors (Lipinski definition) is 3. The van der Waals surface area contributed by atoms with E-state index in [0.717, 1.165) is 28.0 Å². The lowest BCUT2D eigenvalue weighted by atomic mass is 10.1. The molecule has 0 aliphatic carbocycles. The standard InChI is InChI=1S/C15H17BrN2O2/c1-4-18-10(2)5-14(11(18)3)15(19)9-20-13-6-12(16)7-17-8-13/h5-8H,4,9H2,1-3H3. The van der Waals surface area contributed by atoms with Gasteiger partial charge in [-0.15, -0.1) is 0 Å². The summed E-state index contributed by atoms with van der Waals surface area (Å²) in [6.45, 7) is 6.92. The molecule has 0 N–H and O–H groups in total. The smallest absolute Gasteiger partial charge is 0.202 e. The Morgan fingerprint density at radius 1 is 1.35 bits per heavy atom. The molecule has 20 heavy (non-hydrogen) atoms. The molecule has 0 aliphatic heterocycles. The Kier molecular flexibility index (Phi) is 4.60. The van der Waals surface area contributed by atoms with Crippen molar-refractivity contribution in [2.75, 3.05) is 6.61 Å². The van der Waals surface area contributed by atoms with Crippen LogP contribution in [0.4, 0.5) is 0 Å². The molecule has 0 amide bonds. The number of ether oxygens (including phenoxy) is 1. The van der Waals surface area contributed by atoms with Crippen LogP contribution in [0.3, 0.4) is 0 Å². The van der Waals surface area contributed by atoms with E-state index < -0.39 is 0 Å². The highest BCUT2D eigenvalue weighted by Gasteiger charge is 2.15. The number of rotatable bonds is 5. The first-order chi connectivity index (χ1) is 9.52. The molecule has 0 aromatic carbocycles. The number of pyridine rings is 1. The Morgan fingerprint density at radius 2 is 2.10 bits per heavy atom. The molecule has 0 unspecified atom stereocenters. The Bertz CT molecular complexity index is 635. The molecule has 0 saturated heterocycles. The fourth-order valence-electron chi connectivity index (χ4n) is 2.27. The van der Waals surface area contributed by atoms with Crippen LogP contribution in [0.25, 0.3) is 0 Å². The molecule has 0 aliphatic rings. The lowest BCUT2D eigenvalue weighted by Gasteiger charge is -2.07. The van der Waals surface area contributed by atoms with Gasteiger partial charge in [-0.05, 0) is 48.8 Å². The Morgan fingerprint density at radius 3 is 2.70 bits per heavy atom. The van der Waals surface area contributed by atoms with E-state index in [0.29, 0.717) is 5.75 Å². The Balaban J connectivity index is 2.09. The van der Waals surface area contributed by atoms with Crippen molar-refractivity contribution in [2.24, 2.45) is 0 Å². The average Bonchev–Trinajstić information content (AvgIpc) is 2.71. The van der Waals surface area contributed by atoms with Crippen LogP contribution >= 0.6 is 15.9 Å². The maximum atomic E-state index is 12.2. The molecular formula is C15H17BrN2O2. The molecule has 0 bridgehead atoms. The summed E-state index contributed by atoms with van der Waals surface area (Å²) in [5, 5.41) is 0. The molecule has 2 aromatic heterocycles. The summed E-state index contributed by atoms with van der Waals surface area (Å²) in [5.74, 6) is 0.565. The summed E-state index contributed by atoms with van der Waals surface area (Å²) >= 11 is 3.32. The third kappa shape index (κ3) is 3.10. The first kappa shape index (κ1) is 14.8. The molecule has 106 valence electrons. The SMILES string of the molecule is CCn1c(C)cc(C(=O)COc2cncc(Br)c2)c1C. The maximum absolute atomic E-state index is 12.2. The topological polar surface area (TPSA) is 44.1 Å². The van der Waals surface area contributed by atoms with E-state index >= 15 is 0 Å². The summed E-state index contributed by atoms with van der Waals surface area (Å²) in [6.07, 6.45) is 3.26. The van der Waals surface area contributed by atoms with Crippen LogP contribution in [0.15, 0.2) is 29.0 Å². The largest absolute Gasteiger partial charge is 0.484 e. The normalized spacial score (nSPS) is 10.6. The van der Waals surface area contributed by atoms with Gasteiger partial charge in [0, 0.05) is 34.2 Å². The molecule has 2 aromatic rings. The predicted octanol–water partition coefficient (Wildman–Crippen LogP) is 3.54. The number of nitrogens with zero attached hydrogens (tertiary/aromatic N) is 2. The van der Waals surface area contributed by atoms with Crippen LogP contribution in [0.1, 0.15) is 28.7 Å². The fourth-order valence-corrected chi connectivity index (χ4v) is 2.61. The molecule has 4 nitrogen and oxygen atoms in total. The van der Waals surface area contributed by atoms with E-state index in [1.165, 1.54) is 0 Å². The fraction of sp³-hybridized carbons (Fsp3) is 0.333. The molecule has 5 heteroatoms. The van der Waals surface area contributed by atoms with Gasteiger partial charge in [-0.3, -0.25) is 9.78 Å². The van der Waals surface area contributed by atoms with Crippen molar-refractivity contribution in [1.29, 1.82) is 0 Å². The van der Waals surface area contributed by atoms with E-state index in [4.69, 9.17) is 4.74 Å². The van der Waals surface area contributed by atoms with Gasteiger partial charge in [-0.25, -0.2) is 0 Å². The molecule has 0 fully saturated rings. The van der Waals surface area contributed by atoms with Crippen molar-refractivity contribution in [3.63, 3.8) is 0 Å². The molecule has 2 rings (SSSR count). The van der Waals surface area contributed by atoms with Crippen LogP contribution in [0.2, 0.25) is 0 Å².